The van der Waals surface area contributed by atoms with Crippen molar-refractivity contribution in [2.24, 2.45) is 0 Å². The van der Waals surface area contributed by atoms with Crippen molar-refractivity contribution in [1.82, 2.24) is 4.98 Å². The highest BCUT2D eigenvalue weighted by molar-refractivity contribution is 6.41. The van der Waals surface area contributed by atoms with Gasteiger partial charge in [0.15, 0.2) is 0 Å². The van der Waals surface area contributed by atoms with Gasteiger partial charge in [-0.25, -0.2) is 0 Å². The van der Waals surface area contributed by atoms with Crippen molar-refractivity contribution in [1.29, 1.82) is 0 Å². The lowest BCUT2D eigenvalue weighted by Crippen LogP contribution is -2.40. The molecule has 0 spiro atoms. The van der Waals surface area contributed by atoms with Crippen LogP contribution in [0.3, 0.4) is 0 Å². The first-order valence-corrected chi connectivity index (χ1v) is 5.83. The molecule has 0 aromatic rings. The number of hydrogen-bond acceptors (Lipinski definition) is 3. The fourth-order valence-electron chi connectivity index (χ4n) is 0.731. The smallest absolute Gasteiger partial charge is 0.385 e. The topological polar surface area (TPSA) is 30.5 Å². The summed E-state index contributed by atoms with van der Waals surface area (Å²) < 4.78 is 10.8. The van der Waals surface area contributed by atoms with E-state index >= 15 is 0 Å². The van der Waals surface area contributed by atoms with Crippen molar-refractivity contribution < 1.29 is 8.85 Å². The van der Waals surface area contributed by atoms with E-state index in [-0.39, 0.29) is 0 Å². The molecule has 0 radical (unpaired) electrons. The summed E-state index contributed by atoms with van der Waals surface area (Å²) in [5.41, 5.74) is 0. The maximum Gasteiger partial charge on any atom is 0.408 e. The standard InChI is InChI=1S/C7H19NO2Si/c1-4-7-8-11(9-5-2)10-6-3/h8,11H,4-7H2,1-3H3. The highest BCUT2D eigenvalue weighted by Gasteiger charge is 2.09. The largest absolute Gasteiger partial charge is 0.408 e. The van der Waals surface area contributed by atoms with Gasteiger partial charge >= 0.3 is 9.45 Å². The minimum Gasteiger partial charge on any atom is -0.385 e. The van der Waals surface area contributed by atoms with Gasteiger partial charge in [-0.15, -0.1) is 0 Å². The Balaban J connectivity index is 3.34. The van der Waals surface area contributed by atoms with Crippen LogP contribution in [0.4, 0.5) is 0 Å². The Hall–Kier alpha value is 0.0969. The molecule has 0 bridgehead atoms. The van der Waals surface area contributed by atoms with Crippen LogP contribution in [-0.4, -0.2) is 29.2 Å². The highest BCUT2D eigenvalue weighted by atomic mass is 28.3. The Morgan fingerprint density at radius 2 is 1.64 bits per heavy atom. The van der Waals surface area contributed by atoms with Crippen LogP contribution in [0.5, 0.6) is 0 Å². The van der Waals surface area contributed by atoms with Crippen molar-refractivity contribution in [3.8, 4) is 0 Å². The van der Waals surface area contributed by atoms with Gasteiger partial charge in [0.2, 0.25) is 0 Å². The second-order valence-corrected chi connectivity index (χ2v) is 3.94. The van der Waals surface area contributed by atoms with Crippen molar-refractivity contribution in [2.75, 3.05) is 19.8 Å². The summed E-state index contributed by atoms with van der Waals surface area (Å²) in [6.07, 6.45) is 1.13. The predicted octanol–water partition coefficient (Wildman–Crippen LogP) is 0.776. The monoisotopic (exact) mass is 177 g/mol. The molecular weight excluding hydrogens is 158 g/mol. The molecule has 0 aliphatic heterocycles. The zero-order chi connectivity index (χ0) is 8.53. The van der Waals surface area contributed by atoms with Gasteiger partial charge in [0.25, 0.3) is 0 Å². The lowest BCUT2D eigenvalue weighted by atomic mass is 10.5. The number of hydrogen-bond donors (Lipinski definition) is 1. The second-order valence-electron chi connectivity index (χ2n) is 2.20. The normalized spacial score (nSPS) is 10.9. The molecule has 68 valence electrons. The van der Waals surface area contributed by atoms with Crippen LogP contribution < -0.4 is 4.98 Å². The van der Waals surface area contributed by atoms with Crippen LogP contribution >= 0.6 is 0 Å². The molecule has 0 fully saturated rings. The molecule has 1 N–H and O–H groups in total. The van der Waals surface area contributed by atoms with Crippen LogP contribution in [0.2, 0.25) is 0 Å². The van der Waals surface area contributed by atoms with Crippen molar-refractivity contribution >= 4 is 9.45 Å². The number of rotatable bonds is 7. The van der Waals surface area contributed by atoms with Crippen LogP contribution in [0.25, 0.3) is 0 Å². The molecule has 0 aliphatic rings. The van der Waals surface area contributed by atoms with E-state index in [1.54, 1.807) is 0 Å². The van der Waals surface area contributed by atoms with Crippen molar-refractivity contribution in [3.05, 3.63) is 0 Å². The molecule has 0 rings (SSSR count). The van der Waals surface area contributed by atoms with E-state index in [1.165, 1.54) is 0 Å². The van der Waals surface area contributed by atoms with E-state index in [1.807, 2.05) is 13.8 Å². The summed E-state index contributed by atoms with van der Waals surface area (Å²) >= 11 is 0. The van der Waals surface area contributed by atoms with Crippen LogP contribution in [-0.2, 0) is 8.85 Å². The van der Waals surface area contributed by atoms with Gasteiger partial charge in [0.05, 0.1) is 0 Å². The first kappa shape index (κ1) is 11.1. The average molecular weight is 177 g/mol. The van der Waals surface area contributed by atoms with Gasteiger partial charge in [-0.1, -0.05) is 6.92 Å². The molecule has 0 aliphatic carbocycles. The first-order chi connectivity index (χ1) is 5.35. The number of nitrogens with one attached hydrogen (secondary N) is 1. The Labute approximate surface area is 71.0 Å². The lowest BCUT2D eigenvalue weighted by Gasteiger charge is -2.14. The van der Waals surface area contributed by atoms with Gasteiger partial charge in [-0.3, -0.25) is 4.98 Å². The summed E-state index contributed by atoms with van der Waals surface area (Å²) in [5, 5.41) is 0. The lowest BCUT2D eigenvalue weighted by molar-refractivity contribution is 0.203. The third-order valence-corrected chi connectivity index (χ3v) is 3.09. The van der Waals surface area contributed by atoms with E-state index in [9.17, 15) is 0 Å². The Bertz CT molecular complexity index is 76.8. The summed E-state index contributed by atoms with van der Waals surface area (Å²) in [6.45, 7) is 8.60. The van der Waals surface area contributed by atoms with Gasteiger partial charge in [-0.05, 0) is 26.8 Å². The van der Waals surface area contributed by atoms with E-state index in [0.29, 0.717) is 0 Å². The summed E-state index contributed by atoms with van der Waals surface area (Å²) in [4.78, 5) is 3.27. The molecule has 4 heteroatoms. The Morgan fingerprint density at radius 1 is 1.09 bits per heavy atom. The van der Waals surface area contributed by atoms with Crippen LogP contribution in [0, 0.1) is 0 Å². The van der Waals surface area contributed by atoms with Crippen molar-refractivity contribution in [2.45, 2.75) is 27.2 Å². The van der Waals surface area contributed by atoms with Crippen molar-refractivity contribution in [3.63, 3.8) is 0 Å². The third-order valence-electron chi connectivity index (χ3n) is 1.20. The average Bonchev–Trinajstić information content (AvgIpc) is 2.01. The maximum absolute atomic E-state index is 5.39. The Morgan fingerprint density at radius 3 is 2.00 bits per heavy atom. The fourth-order valence-corrected chi connectivity index (χ4v) is 2.19. The maximum atomic E-state index is 5.39. The van der Waals surface area contributed by atoms with E-state index in [4.69, 9.17) is 8.85 Å². The summed E-state index contributed by atoms with van der Waals surface area (Å²) in [5.74, 6) is 0. The molecule has 0 amide bonds. The van der Waals surface area contributed by atoms with Gasteiger partial charge in [0.1, 0.15) is 0 Å². The quantitative estimate of drug-likeness (QED) is 0.583. The molecule has 0 saturated heterocycles. The minimum atomic E-state index is -1.50. The van der Waals surface area contributed by atoms with E-state index < -0.39 is 9.45 Å². The molecule has 0 atom stereocenters. The van der Waals surface area contributed by atoms with Crippen LogP contribution in [0.15, 0.2) is 0 Å². The van der Waals surface area contributed by atoms with Gasteiger partial charge in [-0.2, -0.15) is 0 Å². The van der Waals surface area contributed by atoms with Gasteiger partial charge < -0.3 is 8.85 Å². The predicted molar refractivity (Wildman–Crippen MR) is 48.7 cm³/mol. The third kappa shape index (κ3) is 6.49. The summed E-state index contributed by atoms with van der Waals surface area (Å²) in [7, 11) is -1.50. The zero-order valence-electron chi connectivity index (χ0n) is 7.72. The SMILES string of the molecule is CCCN[SiH](OCC)OCC. The molecule has 0 aromatic carbocycles. The Kier molecular flexibility index (Phi) is 8.27. The molecule has 0 heterocycles. The summed E-state index contributed by atoms with van der Waals surface area (Å²) in [6, 6.07) is 0. The highest BCUT2D eigenvalue weighted by Crippen LogP contribution is 1.85. The first-order valence-electron chi connectivity index (χ1n) is 4.31. The van der Waals surface area contributed by atoms with Crippen LogP contribution in [0.1, 0.15) is 27.2 Å². The second kappa shape index (κ2) is 8.20. The van der Waals surface area contributed by atoms with E-state index in [0.717, 1.165) is 26.2 Å². The molecule has 3 nitrogen and oxygen atoms in total. The van der Waals surface area contributed by atoms with Gasteiger partial charge in [0, 0.05) is 13.2 Å². The fraction of sp³-hybridized carbons (Fsp3) is 1.00. The zero-order valence-corrected chi connectivity index (χ0v) is 8.88. The molecule has 0 saturated carbocycles. The molecule has 0 aromatic heterocycles. The molecule has 0 unspecified atom stereocenters. The molecular formula is C7H19NO2Si. The molecule has 11 heavy (non-hydrogen) atoms. The van der Waals surface area contributed by atoms with E-state index in [2.05, 4.69) is 11.9 Å². The minimum absolute atomic E-state index is 0.744.